The number of alkyl halides is 1. The molecule has 0 saturated heterocycles. The highest BCUT2D eigenvalue weighted by atomic mass is 79.9. The smallest absolute Gasteiger partial charge is 0.0931 e. The van der Waals surface area contributed by atoms with E-state index in [-0.39, 0.29) is 0 Å². The van der Waals surface area contributed by atoms with Crippen molar-refractivity contribution in [2.45, 2.75) is 45.4 Å². The minimum absolute atomic E-state index is 0.416. The van der Waals surface area contributed by atoms with Crippen molar-refractivity contribution in [2.75, 3.05) is 0 Å². The molecule has 1 aromatic rings. The summed E-state index contributed by atoms with van der Waals surface area (Å²) in [5.74, 6) is 0.727. The van der Waals surface area contributed by atoms with Crippen LogP contribution in [0.2, 0.25) is 4.34 Å². The maximum atomic E-state index is 5.95. The van der Waals surface area contributed by atoms with Crippen LogP contribution in [-0.4, -0.2) is 0 Å². The molecule has 0 saturated carbocycles. The zero-order valence-corrected chi connectivity index (χ0v) is 13.5. The number of thiophene rings is 1. The van der Waals surface area contributed by atoms with Crippen LogP contribution in [0.4, 0.5) is 0 Å². The van der Waals surface area contributed by atoms with Gasteiger partial charge in [0.05, 0.1) is 4.34 Å². The molecule has 0 fully saturated rings. The SMILES string of the molecule is CC(CC(Br)c1ccc(Cl)s1)CC(C)(C)C. The van der Waals surface area contributed by atoms with Crippen molar-refractivity contribution in [3.05, 3.63) is 21.3 Å². The summed E-state index contributed by atoms with van der Waals surface area (Å²) < 4.78 is 0.878. The van der Waals surface area contributed by atoms with Crippen molar-refractivity contribution in [3.63, 3.8) is 0 Å². The standard InChI is InChI=1S/C13H20BrClS/c1-9(8-13(2,3)4)7-10(14)11-5-6-12(15)16-11/h5-6,9-10H,7-8H2,1-4H3. The van der Waals surface area contributed by atoms with Gasteiger partial charge in [-0.3, -0.25) is 0 Å². The zero-order valence-electron chi connectivity index (χ0n) is 10.4. The predicted octanol–water partition coefficient (Wildman–Crippen LogP) is 6.30. The van der Waals surface area contributed by atoms with Crippen LogP contribution in [0.25, 0.3) is 0 Å². The monoisotopic (exact) mass is 322 g/mol. The Hall–Kier alpha value is 0.470. The molecule has 0 aromatic carbocycles. The quantitative estimate of drug-likeness (QED) is 0.570. The predicted molar refractivity (Wildman–Crippen MR) is 78.9 cm³/mol. The largest absolute Gasteiger partial charge is 0.127 e. The third kappa shape index (κ3) is 5.20. The molecule has 0 amide bonds. The lowest BCUT2D eigenvalue weighted by atomic mass is 9.83. The van der Waals surface area contributed by atoms with Crippen LogP contribution in [0.15, 0.2) is 12.1 Å². The third-order valence-corrected chi connectivity index (χ3v) is 4.99. The molecular weight excluding hydrogens is 304 g/mol. The van der Waals surface area contributed by atoms with Gasteiger partial charge in [-0.1, -0.05) is 55.2 Å². The first-order valence-electron chi connectivity index (χ1n) is 5.67. The highest BCUT2D eigenvalue weighted by molar-refractivity contribution is 9.09. The van der Waals surface area contributed by atoms with Crippen LogP contribution in [0, 0.1) is 11.3 Å². The van der Waals surface area contributed by atoms with E-state index in [2.05, 4.69) is 49.7 Å². The molecule has 1 heterocycles. The average molecular weight is 324 g/mol. The summed E-state index contributed by atoms with van der Waals surface area (Å²) in [7, 11) is 0. The number of hydrogen-bond donors (Lipinski definition) is 0. The molecule has 1 rings (SSSR count). The summed E-state index contributed by atoms with van der Waals surface area (Å²) in [5.41, 5.74) is 0.416. The fourth-order valence-corrected chi connectivity index (χ4v) is 4.22. The molecule has 3 heteroatoms. The van der Waals surface area contributed by atoms with E-state index in [0.29, 0.717) is 10.2 Å². The zero-order chi connectivity index (χ0) is 12.3. The molecular formula is C13H20BrClS. The first-order valence-corrected chi connectivity index (χ1v) is 7.78. The number of rotatable bonds is 4. The maximum Gasteiger partial charge on any atom is 0.0931 e. The van der Waals surface area contributed by atoms with Gasteiger partial charge in [0.15, 0.2) is 0 Å². The van der Waals surface area contributed by atoms with Crippen molar-refractivity contribution >= 4 is 38.9 Å². The molecule has 0 N–H and O–H groups in total. The lowest BCUT2D eigenvalue weighted by molar-refractivity contribution is 0.297. The molecule has 0 radical (unpaired) electrons. The van der Waals surface area contributed by atoms with Gasteiger partial charge in [-0.15, -0.1) is 11.3 Å². The highest BCUT2D eigenvalue weighted by Crippen LogP contribution is 2.38. The van der Waals surface area contributed by atoms with E-state index in [9.17, 15) is 0 Å². The number of hydrogen-bond acceptors (Lipinski definition) is 1. The molecule has 0 aliphatic rings. The summed E-state index contributed by atoms with van der Waals surface area (Å²) in [6, 6.07) is 4.10. The van der Waals surface area contributed by atoms with Crippen molar-refractivity contribution in [1.29, 1.82) is 0 Å². The van der Waals surface area contributed by atoms with Gasteiger partial charge < -0.3 is 0 Å². The van der Waals surface area contributed by atoms with E-state index in [1.807, 2.05) is 6.07 Å². The van der Waals surface area contributed by atoms with Gasteiger partial charge in [-0.25, -0.2) is 0 Å². The van der Waals surface area contributed by atoms with Crippen LogP contribution in [0.5, 0.6) is 0 Å². The van der Waals surface area contributed by atoms with Crippen LogP contribution in [0.1, 0.15) is 50.2 Å². The van der Waals surface area contributed by atoms with Gasteiger partial charge >= 0.3 is 0 Å². The van der Waals surface area contributed by atoms with Crippen LogP contribution in [0.3, 0.4) is 0 Å². The minimum Gasteiger partial charge on any atom is -0.127 e. The van der Waals surface area contributed by atoms with E-state index in [1.54, 1.807) is 11.3 Å². The second-order valence-corrected chi connectivity index (χ2v) is 8.57. The molecule has 0 spiro atoms. The van der Waals surface area contributed by atoms with Gasteiger partial charge in [-0.05, 0) is 36.3 Å². The van der Waals surface area contributed by atoms with Gasteiger partial charge in [0.1, 0.15) is 0 Å². The van der Waals surface area contributed by atoms with Gasteiger partial charge in [0, 0.05) is 9.70 Å². The van der Waals surface area contributed by atoms with Gasteiger partial charge in [0.25, 0.3) is 0 Å². The first-order chi connectivity index (χ1) is 7.28. The highest BCUT2D eigenvalue weighted by Gasteiger charge is 2.19. The maximum absolute atomic E-state index is 5.95. The van der Waals surface area contributed by atoms with E-state index in [1.165, 1.54) is 17.7 Å². The molecule has 92 valence electrons. The molecule has 16 heavy (non-hydrogen) atoms. The Balaban J connectivity index is 2.48. The summed E-state index contributed by atoms with van der Waals surface area (Å²) in [6.07, 6.45) is 2.43. The van der Waals surface area contributed by atoms with Gasteiger partial charge in [0.2, 0.25) is 0 Å². The lowest BCUT2D eigenvalue weighted by Crippen LogP contribution is -2.12. The fraction of sp³-hybridized carbons (Fsp3) is 0.692. The topological polar surface area (TPSA) is 0 Å². The Bertz CT molecular complexity index is 327. The molecule has 0 bridgehead atoms. The Morgan fingerprint density at radius 1 is 1.38 bits per heavy atom. The van der Waals surface area contributed by atoms with Crippen LogP contribution >= 0.6 is 38.9 Å². The normalized spacial score (nSPS) is 16.1. The Kier molecular flexibility index (Phi) is 5.34. The average Bonchev–Trinajstić information content (AvgIpc) is 2.47. The summed E-state index contributed by atoms with van der Waals surface area (Å²) in [6.45, 7) is 9.23. The Morgan fingerprint density at radius 3 is 2.44 bits per heavy atom. The van der Waals surface area contributed by atoms with Crippen LogP contribution in [-0.2, 0) is 0 Å². The minimum atomic E-state index is 0.416. The van der Waals surface area contributed by atoms with Crippen molar-refractivity contribution < 1.29 is 0 Å². The second kappa shape index (κ2) is 5.88. The van der Waals surface area contributed by atoms with Crippen molar-refractivity contribution in [3.8, 4) is 0 Å². The van der Waals surface area contributed by atoms with Gasteiger partial charge in [-0.2, -0.15) is 0 Å². The molecule has 1 aromatic heterocycles. The molecule has 0 nitrogen and oxygen atoms in total. The lowest BCUT2D eigenvalue weighted by Gasteiger charge is -2.24. The van der Waals surface area contributed by atoms with E-state index >= 15 is 0 Å². The second-order valence-electron chi connectivity index (χ2n) is 5.72. The van der Waals surface area contributed by atoms with E-state index in [0.717, 1.165) is 10.3 Å². The molecule has 0 aliphatic heterocycles. The summed E-state index contributed by atoms with van der Waals surface area (Å²) in [4.78, 5) is 1.79. The Morgan fingerprint density at radius 2 is 2.00 bits per heavy atom. The summed E-state index contributed by atoms with van der Waals surface area (Å²) >= 11 is 11.4. The van der Waals surface area contributed by atoms with E-state index in [4.69, 9.17) is 11.6 Å². The third-order valence-electron chi connectivity index (χ3n) is 2.47. The number of halogens is 2. The van der Waals surface area contributed by atoms with Crippen LogP contribution < -0.4 is 0 Å². The molecule has 2 unspecified atom stereocenters. The Labute approximate surface area is 117 Å². The van der Waals surface area contributed by atoms with E-state index < -0.39 is 0 Å². The van der Waals surface area contributed by atoms with Crippen molar-refractivity contribution in [1.82, 2.24) is 0 Å². The molecule has 2 atom stereocenters. The molecule has 0 aliphatic carbocycles. The summed E-state index contributed by atoms with van der Waals surface area (Å²) in [5, 5.41) is 0. The van der Waals surface area contributed by atoms with Crippen molar-refractivity contribution in [2.24, 2.45) is 11.3 Å². The fourth-order valence-electron chi connectivity index (χ4n) is 2.09. The first kappa shape index (κ1) is 14.5.